The number of carbonyl (C=O) groups is 3. The molecule has 0 aromatic heterocycles. The van der Waals surface area contributed by atoms with E-state index in [-0.39, 0.29) is 12.0 Å². The zero-order chi connectivity index (χ0) is 25.1. The summed E-state index contributed by atoms with van der Waals surface area (Å²) in [5.41, 5.74) is 0.210. The molecule has 1 saturated heterocycles. The van der Waals surface area contributed by atoms with E-state index in [2.05, 4.69) is 4.74 Å². The molecule has 186 valence electrons. The lowest BCUT2D eigenvalue weighted by atomic mass is 9.78. The Morgan fingerprint density at radius 2 is 1.76 bits per heavy atom. The molecule has 2 saturated carbocycles. The quantitative estimate of drug-likeness (QED) is 0.222. The summed E-state index contributed by atoms with van der Waals surface area (Å²) in [6.45, 7) is -1.34. The molecule has 6 atom stereocenters. The number of fused-ring (bicyclic) bond motifs is 1. The molecule has 0 spiro atoms. The highest BCUT2D eigenvalue weighted by Gasteiger charge is 2.70. The molecule has 3 aliphatic rings. The Labute approximate surface area is 190 Å². The van der Waals surface area contributed by atoms with Crippen LogP contribution in [0.1, 0.15) is 23.2 Å². The molecule has 0 radical (unpaired) electrons. The van der Waals surface area contributed by atoms with Gasteiger partial charge in [0.25, 0.3) is 0 Å². The van der Waals surface area contributed by atoms with Crippen LogP contribution >= 0.6 is 0 Å². The van der Waals surface area contributed by atoms with E-state index in [0.29, 0.717) is 0 Å². The molecular formula is C20H17F4O9S-. The minimum Gasteiger partial charge on any atom is -0.743 e. The zero-order valence-corrected chi connectivity index (χ0v) is 17.9. The maximum atomic E-state index is 13.6. The molecule has 1 aromatic rings. The molecule has 9 nitrogen and oxygen atoms in total. The SMILES string of the molecule is O=C(OC1C2CC3C1OC(=O)C3C2C(=O)OCCC(F)(F)C(F)(F)S(=O)(=O)[O-])c1ccccc1. The molecule has 1 aliphatic heterocycles. The third-order valence-corrected chi connectivity index (χ3v) is 7.40. The van der Waals surface area contributed by atoms with Crippen molar-refractivity contribution < 1.29 is 59.1 Å². The van der Waals surface area contributed by atoms with Gasteiger partial charge in [0.05, 0.1) is 30.4 Å². The first-order chi connectivity index (χ1) is 15.8. The van der Waals surface area contributed by atoms with Gasteiger partial charge >= 0.3 is 29.1 Å². The molecule has 34 heavy (non-hydrogen) atoms. The van der Waals surface area contributed by atoms with E-state index in [0.717, 1.165) is 0 Å². The highest BCUT2D eigenvalue weighted by molar-refractivity contribution is 7.86. The summed E-state index contributed by atoms with van der Waals surface area (Å²) >= 11 is 0. The van der Waals surface area contributed by atoms with E-state index in [9.17, 15) is 44.9 Å². The van der Waals surface area contributed by atoms with Crippen LogP contribution in [0.25, 0.3) is 0 Å². The van der Waals surface area contributed by atoms with E-state index in [4.69, 9.17) is 9.47 Å². The van der Waals surface area contributed by atoms with Crippen LogP contribution < -0.4 is 0 Å². The summed E-state index contributed by atoms with van der Waals surface area (Å²) in [5, 5.41) is -5.90. The van der Waals surface area contributed by atoms with Gasteiger partial charge in [-0.1, -0.05) is 18.2 Å². The van der Waals surface area contributed by atoms with Crippen LogP contribution in [0, 0.1) is 23.7 Å². The molecule has 0 amide bonds. The van der Waals surface area contributed by atoms with Gasteiger partial charge in [0.2, 0.25) is 0 Å². The third-order valence-electron chi connectivity index (χ3n) is 6.47. The molecule has 1 aromatic carbocycles. The van der Waals surface area contributed by atoms with Crippen molar-refractivity contribution in [2.75, 3.05) is 6.61 Å². The average molecular weight is 509 g/mol. The molecule has 4 rings (SSSR count). The van der Waals surface area contributed by atoms with Gasteiger partial charge in [-0.05, 0) is 18.6 Å². The number of alkyl halides is 4. The Bertz CT molecular complexity index is 1110. The molecule has 6 unspecified atom stereocenters. The first kappa shape index (κ1) is 24.4. The standard InChI is InChI=1S/C20H18F4O9S/c21-19(22,20(23,24)34(28,29)30)6-7-31-17(26)12-10-8-11-13(12)18(27)33-15(11)14(10)32-16(25)9-4-2-1-3-5-9/h1-5,10-15H,6-8H2,(H,28,29,30)/p-1. The first-order valence-corrected chi connectivity index (χ1v) is 11.5. The molecule has 2 aliphatic carbocycles. The number of hydrogen-bond acceptors (Lipinski definition) is 9. The lowest BCUT2D eigenvalue weighted by Crippen LogP contribution is -2.48. The van der Waals surface area contributed by atoms with E-state index >= 15 is 0 Å². The monoisotopic (exact) mass is 509 g/mol. The molecule has 2 bridgehead atoms. The number of benzene rings is 1. The van der Waals surface area contributed by atoms with Crippen LogP contribution in [0.2, 0.25) is 0 Å². The predicted molar refractivity (Wildman–Crippen MR) is 99.3 cm³/mol. The topological polar surface area (TPSA) is 136 Å². The van der Waals surface area contributed by atoms with Crippen molar-refractivity contribution in [2.45, 2.75) is 36.2 Å². The number of halogens is 4. The van der Waals surface area contributed by atoms with Crippen molar-refractivity contribution in [1.82, 2.24) is 0 Å². The second-order valence-corrected chi connectivity index (χ2v) is 9.77. The first-order valence-electron chi connectivity index (χ1n) is 10.1. The van der Waals surface area contributed by atoms with Gasteiger partial charge in [-0.3, -0.25) is 9.59 Å². The van der Waals surface area contributed by atoms with Gasteiger partial charge in [-0.25, -0.2) is 13.2 Å². The van der Waals surface area contributed by atoms with Crippen molar-refractivity contribution in [1.29, 1.82) is 0 Å². The fraction of sp³-hybridized carbons (Fsp3) is 0.550. The Kier molecular flexibility index (Phi) is 5.87. The fourth-order valence-electron chi connectivity index (χ4n) is 4.94. The predicted octanol–water partition coefficient (Wildman–Crippen LogP) is 1.73. The normalized spacial score (nSPS) is 30.2. The summed E-state index contributed by atoms with van der Waals surface area (Å²) in [5.74, 6) is -11.4. The average Bonchev–Trinajstić information content (AvgIpc) is 3.37. The zero-order valence-electron chi connectivity index (χ0n) is 17.1. The summed E-state index contributed by atoms with van der Waals surface area (Å²) in [7, 11) is -6.67. The van der Waals surface area contributed by atoms with Gasteiger partial charge in [0.1, 0.15) is 12.2 Å². The molecule has 0 N–H and O–H groups in total. The van der Waals surface area contributed by atoms with Gasteiger partial charge < -0.3 is 18.8 Å². The maximum Gasteiger partial charge on any atom is 0.396 e. The largest absolute Gasteiger partial charge is 0.743 e. The Hall–Kier alpha value is -2.74. The molecule has 3 fully saturated rings. The number of rotatable bonds is 8. The summed E-state index contributed by atoms with van der Waals surface area (Å²) in [4.78, 5) is 37.4. The van der Waals surface area contributed by atoms with E-state index in [1.54, 1.807) is 18.2 Å². The Morgan fingerprint density at radius 3 is 2.38 bits per heavy atom. The van der Waals surface area contributed by atoms with E-state index in [1.807, 2.05) is 0 Å². The van der Waals surface area contributed by atoms with Crippen molar-refractivity contribution >= 4 is 28.0 Å². The fourth-order valence-corrected chi connectivity index (χ4v) is 5.41. The highest BCUT2D eigenvalue weighted by atomic mass is 32.2. The van der Waals surface area contributed by atoms with E-state index < -0.39 is 88.1 Å². The molecule has 1 heterocycles. The van der Waals surface area contributed by atoms with Gasteiger partial charge in [0.15, 0.2) is 10.1 Å². The van der Waals surface area contributed by atoms with Crippen LogP contribution in [-0.2, 0) is 33.9 Å². The van der Waals surface area contributed by atoms with E-state index in [1.165, 1.54) is 12.1 Å². The second-order valence-electron chi connectivity index (χ2n) is 8.35. The lowest BCUT2D eigenvalue weighted by molar-refractivity contribution is -0.178. The van der Waals surface area contributed by atoms with Crippen LogP contribution in [0.5, 0.6) is 0 Å². The number of ether oxygens (including phenoxy) is 3. The Balaban J connectivity index is 1.44. The van der Waals surface area contributed by atoms with Gasteiger partial charge in [-0.2, -0.15) is 17.6 Å². The van der Waals surface area contributed by atoms with Gasteiger partial charge in [-0.15, -0.1) is 0 Å². The van der Waals surface area contributed by atoms with Crippen LogP contribution in [0.4, 0.5) is 17.6 Å². The van der Waals surface area contributed by atoms with Crippen molar-refractivity contribution in [3.63, 3.8) is 0 Å². The van der Waals surface area contributed by atoms with Crippen LogP contribution in [0.3, 0.4) is 0 Å². The lowest BCUT2D eigenvalue weighted by Gasteiger charge is -2.31. The minimum atomic E-state index is -6.67. The number of esters is 3. The van der Waals surface area contributed by atoms with Crippen molar-refractivity contribution in [2.24, 2.45) is 23.7 Å². The van der Waals surface area contributed by atoms with Crippen molar-refractivity contribution in [3.05, 3.63) is 35.9 Å². The molecular weight excluding hydrogens is 492 g/mol. The Morgan fingerprint density at radius 1 is 1.12 bits per heavy atom. The summed E-state index contributed by atoms with van der Waals surface area (Å²) < 4.78 is 100. The van der Waals surface area contributed by atoms with Crippen LogP contribution in [0.15, 0.2) is 30.3 Å². The van der Waals surface area contributed by atoms with Crippen molar-refractivity contribution in [3.8, 4) is 0 Å². The van der Waals surface area contributed by atoms with Gasteiger partial charge in [0, 0.05) is 11.8 Å². The van der Waals surface area contributed by atoms with Crippen LogP contribution in [-0.4, -0.2) is 60.9 Å². The highest BCUT2D eigenvalue weighted by Crippen LogP contribution is 2.59. The smallest absolute Gasteiger partial charge is 0.396 e. The summed E-state index contributed by atoms with van der Waals surface area (Å²) in [6.07, 6.45) is -3.49. The summed E-state index contributed by atoms with van der Waals surface area (Å²) in [6, 6.07) is 7.85. The third kappa shape index (κ3) is 3.82. The number of hydrogen-bond donors (Lipinski definition) is 0. The number of carbonyl (C=O) groups excluding carboxylic acids is 3. The minimum absolute atomic E-state index is 0.210. The maximum absolute atomic E-state index is 13.6. The second kappa shape index (κ2) is 8.18. The molecule has 14 heteroatoms.